The first-order valence-corrected chi connectivity index (χ1v) is 7.51. The Labute approximate surface area is 131 Å². The van der Waals surface area contributed by atoms with Gasteiger partial charge in [0.05, 0.1) is 17.6 Å². The molecule has 1 N–H and O–H groups in total. The van der Waals surface area contributed by atoms with Crippen LogP contribution in [0.1, 0.15) is 11.1 Å². The maximum atomic E-state index is 12.5. The van der Waals surface area contributed by atoms with E-state index in [2.05, 4.69) is 4.98 Å². The molecule has 8 heteroatoms. The molecular formula is C14H9F3N2OS2. The highest BCUT2D eigenvalue weighted by Gasteiger charge is 2.29. The van der Waals surface area contributed by atoms with Crippen LogP contribution >= 0.6 is 23.6 Å². The zero-order chi connectivity index (χ0) is 15.9. The van der Waals surface area contributed by atoms with Crippen LogP contribution in [-0.2, 0) is 12.7 Å². The second-order valence-corrected chi connectivity index (χ2v) is 5.98. The van der Waals surface area contributed by atoms with E-state index < -0.39 is 11.7 Å². The van der Waals surface area contributed by atoms with Gasteiger partial charge in [-0.25, -0.2) is 0 Å². The van der Waals surface area contributed by atoms with Gasteiger partial charge in [0.15, 0.2) is 4.77 Å². The molecule has 0 amide bonds. The van der Waals surface area contributed by atoms with Crippen LogP contribution in [0.4, 0.5) is 13.2 Å². The van der Waals surface area contributed by atoms with Gasteiger partial charge in [0.25, 0.3) is 5.56 Å². The summed E-state index contributed by atoms with van der Waals surface area (Å²) in [4.78, 5) is 15.3. The van der Waals surface area contributed by atoms with Crippen molar-refractivity contribution >= 4 is 33.8 Å². The van der Waals surface area contributed by atoms with Crippen LogP contribution in [0.25, 0.3) is 10.2 Å². The minimum Gasteiger partial charge on any atom is -0.331 e. The lowest BCUT2D eigenvalue weighted by Gasteiger charge is -2.09. The van der Waals surface area contributed by atoms with Gasteiger partial charge in [0.2, 0.25) is 0 Å². The zero-order valence-electron chi connectivity index (χ0n) is 11.0. The van der Waals surface area contributed by atoms with Gasteiger partial charge in [0.1, 0.15) is 4.70 Å². The van der Waals surface area contributed by atoms with E-state index in [9.17, 15) is 18.0 Å². The molecule has 0 aliphatic rings. The minimum atomic E-state index is -4.37. The highest BCUT2D eigenvalue weighted by atomic mass is 32.1. The molecule has 3 aromatic rings. The summed E-state index contributed by atoms with van der Waals surface area (Å²) in [7, 11) is 0. The van der Waals surface area contributed by atoms with Crippen molar-refractivity contribution in [1.29, 1.82) is 0 Å². The lowest BCUT2D eigenvalue weighted by Crippen LogP contribution is -2.22. The van der Waals surface area contributed by atoms with Crippen molar-refractivity contribution in [3.8, 4) is 0 Å². The van der Waals surface area contributed by atoms with Crippen molar-refractivity contribution in [3.63, 3.8) is 0 Å². The average Bonchev–Trinajstić information content (AvgIpc) is 2.91. The van der Waals surface area contributed by atoms with Crippen molar-refractivity contribution in [3.05, 3.63) is 62.0 Å². The van der Waals surface area contributed by atoms with Gasteiger partial charge >= 0.3 is 6.18 Å². The molecule has 0 bridgehead atoms. The molecule has 2 aromatic heterocycles. The van der Waals surface area contributed by atoms with Crippen LogP contribution in [0.15, 0.2) is 40.5 Å². The van der Waals surface area contributed by atoms with Crippen LogP contribution in [0.2, 0.25) is 0 Å². The molecule has 0 aliphatic carbocycles. The summed E-state index contributed by atoms with van der Waals surface area (Å²) < 4.78 is 39.7. The number of hydrogen-bond acceptors (Lipinski definition) is 3. The number of thiophene rings is 1. The average molecular weight is 342 g/mol. The molecule has 2 heterocycles. The molecule has 22 heavy (non-hydrogen) atoms. The molecule has 0 spiro atoms. The van der Waals surface area contributed by atoms with Crippen LogP contribution in [0.3, 0.4) is 0 Å². The number of H-pyrrole nitrogens is 1. The van der Waals surface area contributed by atoms with E-state index in [0.717, 1.165) is 12.1 Å². The summed E-state index contributed by atoms with van der Waals surface area (Å²) in [5.41, 5.74) is 0.283. The van der Waals surface area contributed by atoms with Crippen molar-refractivity contribution in [1.82, 2.24) is 9.55 Å². The number of nitrogens with zero attached hydrogens (tertiary/aromatic N) is 1. The van der Waals surface area contributed by atoms with E-state index in [0.29, 0.717) is 15.8 Å². The number of hydrogen-bond donors (Lipinski definition) is 1. The topological polar surface area (TPSA) is 37.8 Å². The molecule has 3 rings (SSSR count). The zero-order valence-corrected chi connectivity index (χ0v) is 12.6. The summed E-state index contributed by atoms with van der Waals surface area (Å²) in [5.74, 6) is 0. The van der Waals surface area contributed by atoms with Gasteiger partial charge in [-0.15, -0.1) is 11.3 Å². The van der Waals surface area contributed by atoms with Gasteiger partial charge in [-0.2, -0.15) is 13.2 Å². The summed E-state index contributed by atoms with van der Waals surface area (Å²) in [6.07, 6.45) is -4.37. The predicted molar refractivity (Wildman–Crippen MR) is 81.8 cm³/mol. The number of halogens is 3. The van der Waals surface area contributed by atoms with Gasteiger partial charge in [-0.3, -0.25) is 9.36 Å². The Hall–Kier alpha value is -1.93. The first kappa shape index (κ1) is 15.0. The molecular weight excluding hydrogens is 333 g/mol. The largest absolute Gasteiger partial charge is 0.416 e. The smallest absolute Gasteiger partial charge is 0.331 e. The number of nitrogens with one attached hydrogen (secondary N) is 1. The van der Waals surface area contributed by atoms with Crippen LogP contribution in [-0.4, -0.2) is 9.55 Å². The molecule has 0 unspecified atom stereocenters. The number of aromatic amines is 1. The van der Waals surface area contributed by atoms with Gasteiger partial charge in [0, 0.05) is 0 Å². The number of alkyl halides is 3. The SMILES string of the molecule is O=c1c2sccc2[nH]c(=S)n1Cc1ccc(C(F)(F)F)cc1. The fraction of sp³-hybridized carbons (Fsp3) is 0.143. The molecule has 3 nitrogen and oxygen atoms in total. The second-order valence-electron chi connectivity index (χ2n) is 4.68. The Balaban J connectivity index is 2.00. The molecule has 0 saturated carbocycles. The molecule has 0 atom stereocenters. The third-order valence-electron chi connectivity index (χ3n) is 3.21. The molecule has 0 fully saturated rings. The second kappa shape index (κ2) is 5.36. The van der Waals surface area contributed by atoms with Crippen molar-refractivity contribution in [2.45, 2.75) is 12.7 Å². The summed E-state index contributed by atoms with van der Waals surface area (Å²) in [6, 6.07) is 6.46. The molecule has 0 radical (unpaired) electrons. The van der Waals surface area contributed by atoms with Crippen LogP contribution in [0, 0.1) is 4.77 Å². The Bertz CT molecular complexity index is 936. The third-order valence-corrected chi connectivity index (χ3v) is 4.44. The molecule has 0 saturated heterocycles. The highest BCUT2D eigenvalue weighted by molar-refractivity contribution is 7.71. The van der Waals surface area contributed by atoms with E-state index >= 15 is 0 Å². The molecule has 0 aliphatic heterocycles. The van der Waals surface area contributed by atoms with E-state index in [1.165, 1.54) is 28.0 Å². The Morgan fingerprint density at radius 2 is 1.86 bits per heavy atom. The summed E-state index contributed by atoms with van der Waals surface area (Å²) in [6.45, 7) is 0.125. The van der Waals surface area contributed by atoms with Gasteiger partial charge < -0.3 is 4.98 Å². The van der Waals surface area contributed by atoms with Gasteiger partial charge in [-0.1, -0.05) is 12.1 Å². The Kier molecular flexibility index (Phi) is 3.65. The van der Waals surface area contributed by atoms with Crippen LogP contribution < -0.4 is 5.56 Å². The fourth-order valence-corrected chi connectivity index (χ4v) is 3.15. The maximum Gasteiger partial charge on any atom is 0.416 e. The maximum absolute atomic E-state index is 12.5. The first-order valence-electron chi connectivity index (χ1n) is 6.23. The number of benzene rings is 1. The van der Waals surface area contributed by atoms with Crippen LogP contribution in [0.5, 0.6) is 0 Å². The van der Waals surface area contributed by atoms with E-state index in [-0.39, 0.29) is 16.9 Å². The van der Waals surface area contributed by atoms with Crippen molar-refractivity contribution in [2.24, 2.45) is 0 Å². The normalized spacial score (nSPS) is 12.0. The van der Waals surface area contributed by atoms with Crippen molar-refractivity contribution < 1.29 is 13.2 Å². The fourth-order valence-electron chi connectivity index (χ4n) is 2.10. The van der Waals surface area contributed by atoms with Crippen molar-refractivity contribution in [2.75, 3.05) is 0 Å². The number of fused-ring (bicyclic) bond motifs is 1. The third kappa shape index (κ3) is 2.71. The Morgan fingerprint density at radius 1 is 1.18 bits per heavy atom. The summed E-state index contributed by atoms with van der Waals surface area (Å²) >= 11 is 6.44. The predicted octanol–water partition coefficient (Wildman–Crippen LogP) is 4.19. The van der Waals surface area contributed by atoms with E-state index in [1.54, 1.807) is 11.4 Å². The highest BCUT2D eigenvalue weighted by Crippen LogP contribution is 2.29. The van der Waals surface area contributed by atoms with E-state index in [4.69, 9.17) is 12.2 Å². The van der Waals surface area contributed by atoms with Gasteiger partial charge in [-0.05, 0) is 41.4 Å². The first-order chi connectivity index (χ1) is 10.4. The lowest BCUT2D eigenvalue weighted by molar-refractivity contribution is -0.137. The Morgan fingerprint density at radius 3 is 2.50 bits per heavy atom. The number of aromatic nitrogens is 2. The standard InChI is InChI=1S/C14H9F3N2OS2/c15-14(16,17)9-3-1-8(2-4-9)7-19-12(20)11-10(5-6-22-11)18-13(19)21/h1-6H,7H2,(H,18,21). The lowest BCUT2D eigenvalue weighted by atomic mass is 10.1. The monoisotopic (exact) mass is 342 g/mol. The molecule has 114 valence electrons. The summed E-state index contributed by atoms with van der Waals surface area (Å²) in [5, 5.41) is 1.78. The quantitative estimate of drug-likeness (QED) is 0.709. The minimum absolute atomic E-state index is 0.125. The van der Waals surface area contributed by atoms with E-state index in [1.807, 2.05) is 0 Å². The molecule has 1 aromatic carbocycles. The number of rotatable bonds is 2.